The molecular formula is C17H17ClN4O3. The van der Waals surface area contributed by atoms with Crippen molar-refractivity contribution in [2.75, 3.05) is 18.4 Å². The van der Waals surface area contributed by atoms with E-state index in [1.165, 1.54) is 36.1 Å². The van der Waals surface area contributed by atoms with Crippen LogP contribution >= 0.6 is 11.6 Å². The molecule has 0 atom stereocenters. The first-order valence-electron chi connectivity index (χ1n) is 7.89. The second kappa shape index (κ2) is 7.06. The van der Waals surface area contributed by atoms with Gasteiger partial charge in [-0.25, -0.2) is 4.98 Å². The predicted octanol–water partition coefficient (Wildman–Crippen LogP) is 1.92. The number of nitrogens with one attached hydrogen (secondary N) is 1. The van der Waals surface area contributed by atoms with Crippen molar-refractivity contribution >= 4 is 29.1 Å². The smallest absolute Gasteiger partial charge is 0.274 e. The summed E-state index contributed by atoms with van der Waals surface area (Å²) in [6.07, 6.45) is 4.89. The van der Waals surface area contributed by atoms with Gasteiger partial charge in [-0.2, -0.15) is 0 Å². The number of anilines is 1. The van der Waals surface area contributed by atoms with Crippen LogP contribution in [0.4, 0.5) is 5.69 Å². The summed E-state index contributed by atoms with van der Waals surface area (Å²) < 4.78 is 1.28. The van der Waals surface area contributed by atoms with Crippen molar-refractivity contribution in [3.05, 3.63) is 57.2 Å². The summed E-state index contributed by atoms with van der Waals surface area (Å²) in [5, 5.41) is 2.57. The lowest BCUT2D eigenvalue weighted by Crippen LogP contribution is -2.31. The van der Waals surface area contributed by atoms with Crippen LogP contribution < -0.4 is 10.9 Å². The molecule has 0 aromatic carbocycles. The molecule has 25 heavy (non-hydrogen) atoms. The Hall–Kier alpha value is -2.67. The zero-order valence-electron chi connectivity index (χ0n) is 13.7. The van der Waals surface area contributed by atoms with E-state index in [1.54, 1.807) is 11.0 Å². The molecule has 0 bridgehead atoms. The van der Waals surface area contributed by atoms with Gasteiger partial charge < -0.3 is 14.8 Å². The Morgan fingerprint density at radius 3 is 2.68 bits per heavy atom. The highest BCUT2D eigenvalue weighted by Crippen LogP contribution is 2.16. The van der Waals surface area contributed by atoms with Crippen molar-refractivity contribution in [2.24, 2.45) is 7.05 Å². The third kappa shape index (κ3) is 3.56. The minimum absolute atomic E-state index is 0.0254. The van der Waals surface area contributed by atoms with Crippen LogP contribution in [0.5, 0.6) is 0 Å². The van der Waals surface area contributed by atoms with E-state index in [0.717, 1.165) is 12.8 Å². The van der Waals surface area contributed by atoms with Gasteiger partial charge >= 0.3 is 0 Å². The first kappa shape index (κ1) is 17.2. The van der Waals surface area contributed by atoms with Gasteiger partial charge in [-0.15, -0.1) is 0 Å². The lowest BCUT2D eigenvalue weighted by Gasteiger charge is -2.16. The number of nitrogens with zero attached hydrogens (tertiary/aromatic N) is 3. The van der Waals surface area contributed by atoms with E-state index >= 15 is 0 Å². The normalized spacial score (nSPS) is 13.8. The zero-order chi connectivity index (χ0) is 18.0. The lowest BCUT2D eigenvalue weighted by atomic mass is 10.2. The fourth-order valence-electron chi connectivity index (χ4n) is 2.77. The van der Waals surface area contributed by atoms with Crippen LogP contribution in [0.1, 0.15) is 33.6 Å². The van der Waals surface area contributed by atoms with Gasteiger partial charge in [0, 0.05) is 32.5 Å². The van der Waals surface area contributed by atoms with Crippen molar-refractivity contribution in [1.82, 2.24) is 14.5 Å². The summed E-state index contributed by atoms with van der Waals surface area (Å²) in [5.41, 5.74) is 0.128. The van der Waals surface area contributed by atoms with Crippen LogP contribution in [0.25, 0.3) is 0 Å². The molecule has 1 aliphatic rings. The van der Waals surface area contributed by atoms with Crippen LogP contribution in [0.15, 0.2) is 35.4 Å². The molecule has 0 spiro atoms. The Labute approximate surface area is 149 Å². The minimum Gasteiger partial charge on any atom is -0.339 e. The van der Waals surface area contributed by atoms with Gasteiger partial charge in [0.1, 0.15) is 10.8 Å². The highest BCUT2D eigenvalue weighted by atomic mass is 35.5. The fraction of sp³-hybridized carbons (Fsp3) is 0.294. The standard InChI is InChI=1S/C17H17ClN4O3/c1-21-10-11(16(24)22-7-2-3-8-22)9-13(17(21)25)20-15(23)12-5-4-6-19-14(12)18/h4-6,9-10H,2-3,7-8H2,1H3,(H,20,23). The lowest BCUT2D eigenvalue weighted by molar-refractivity contribution is 0.0791. The van der Waals surface area contributed by atoms with Crippen LogP contribution in [0, 0.1) is 0 Å². The predicted molar refractivity (Wildman–Crippen MR) is 94.0 cm³/mol. The van der Waals surface area contributed by atoms with Gasteiger partial charge in [0.15, 0.2) is 0 Å². The molecule has 1 fully saturated rings. The molecule has 2 amide bonds. The number of halogens is 1. The highest BCUT2D eigenvalue weighted by Gasteiger charge is 2.22. The van der Waals surface area contributed by atoms with Gasteiger partial charge in [0.2, 0.25) is 0 Å². The van der Waals surface area contributed by atoms with E-state index in [2.05, 4.69) is 10.3 Å². The van der Waals surface area contributed by atoms with Crippen LogP contribution in [-0.4, -0.2) is 39.4 Å². The Balaban J connectivity index is 1.91. The maximum absolute atomic E-state index is 12.5. The van der Waals surface area contributed by atoms with Crippen molar-refractivity contribution in [1.29, 1.82) is 0 Å². The summed E-state index contributed by atoms with van der Waals surface area (Å²) in [5.74, 6) is -0.705. The Morgan fingerprint density at radius 2 is 2.00 bits per heavy atom. The molecule has 130 valence electrons. The summed E-state index contributed by atoms with van der Waals surface area (Å²) in [6, 6.07) is 4.49. The number of likely N-dealkylation sites (tertiary alicyclic amines) is 1. The molecular weight excluding hydrogens is 344 g/mol. The van der Waals surface area contributed by atoms with E-state index in [-0.39, 0.29) is 22.3 Å². The molecule has 2 aromatic rings. The first-order valence-corrected chi connectivity index (χ1v) is 8.27. The second-order valence-corrected chi connectivity index (χ2v) is 6.21. The molecule has 0 saturated carbocycles. The molecule has 1 aliphatic heterocycles. The van der Waals surface area contributed by atoms with Crippen LogP contribution in [0.3, 0.4) is 0 Å². The number of aromatic nitrogens is 2. The number of carbonyl (C=O) groups is 2. The summed E-state index contributed by atoms with van der Waals surface area (Å²) in [7, 11) is 1.54. The maximum Gasteiger partial charge on any atom is 0.274 e. The van der Waals surface area contributed by atoms with E-state index in [1.807, 2.05) is 0 Å². The van der Waals surface area contributed by atoms with Crippen molar-refractivity contribution in [3.8, 4) is 0 Å². The molecule has 0 aliphatic carbocycles. The second-order valence-electron chi connectivity index (χ2n) is 5.85. The number of hydrogen-bond donors (Lipinski definition) is 1. The van der Waals surface area contributed by atoms with Gasteiger partial charge in [-0.05, 0) is 31.0 Å². The summed E-state index contributed by atoms with van der Waals surface area (Å²) in [6.45, 7) is 1.41. The van der Waals surface area contributed by atoms with Gasteiger partial charge in [0.25, 0.3) is 17.4 Å². The minimum atomic E-state index is -0.555. The van der Waals surface area contributed by atoms with Crippen LogP contribution in [0.2, 0.25) is 5.15 Å². The number of aryl methyl sites for hydroxylation is 1. The molecule has 1 N–H and O–H groups in total. The van der Waals surface area contributed by atoms with E-state index in [4.69, 9.17) is 11.6 Å². The largest absolute Gasteiger partial charge is 0.339 e. The summed E-state index contributed by atoms with van der Waals surface area (Å²) in [4.78, 5) is 42.8. The molecule has 2 aromatic heterocycles. The van der Waals surface area contributed by atoms with Crippen molar-refractivity contribution in [3.63, 3.8) is 0 Å². The summed E-state index contributed by atoms with van der Waals surface area (Å²) >= 11 is 5.91. The number of pyridine rings is 2. The number of hydrogen-bond acceptors (Lipinski definition) is 4. The molecule has 8 heteroatoms. The molecule has 0 radical (unpaired) electrons. The van der Waals surface area contributed by atoms with Gasteiger partial charge in [0.05, 0.1) is 11.1 Å². The maximum atomic E-state index is 12.5. The monoisotopic (exact) mass is 360 g/mol. The molecule has 3 heterocycles. The highest BCUT2D eigenvalue weighted by molar-refractivity contribution is 6.33. The van der Waals surface area contributed by atoms with Crippen molar-refractivity contribution in [2.45, 2.75) is 12.8 Å². The third-order valence-corrected chi connectivity index (χ3v) is 4.38. The molecule has 7 nitrogen and oxygen atoms in total. The van der Waals surface area contributed by atoms with Gasteiger partial charge in [-0.1, -0.05) is 11.6 Å². The van der Waals surface area contributed by atoms with E-state index in [9.17, 15) is 14.4 Å². The number of rotatable bonds is 3. The Kier molecular flexibility index (Phi) is 4.85. The topological polar surface area (TPSA) is 84.3 Å². The average molecular weight is 361 g/mol. The first-order chi connectivity index (χ1) is 12.0. The number of carbonyl (C=O) groups excluding carboxylic acids is 2. The molecule has 0 unspecified atom stereocenters. The van der Waals surface area contributed by atoms with E-state index < -0.39 is 11.5 Å². The Bertz CT molecular complexity index is 888. The SMILES string of the molecule is Cn1cc(C(=O)N2CCCC2)cc(NC(=O)c2cccnc2Cl)c1=O. The fourth-order valence-corrected chi connectivity index (χ4v) is 2.97. The molecule has 3 rings (SSSR count). The van der Waals surface area contributed by atoms with E-state index in [0.29, 0.717) is 18.7 Å². The van der Waals surface area contributed by atoms with Gasteiger partial charge in [-0.3, -0.25) is 14.4 Å². The third-order valence-electron chi connectivity index (χ3n) is 4.08. The molecule has 1 saturated heterocycles. The Morgan fingerprint density at radius 1 is 1.28 bits per heavy atom. The van der Waals surface area contributed by atoms with Crippen molar-refractivity contribution < 1.29 is 9.59 Å². The van der Waals surface area contributed by atoms with Crippen LogP contribution in [-0.2, 0) is 7.05 Å². The zero-order valence-corrected chi connectivity index (χ0v) is 14.4. The quantitative estimate of drug-likeness (QED) is 0.847. The average Bonchev–Trinajstić information content (AvgIpc) is 3.13. The number of amides is 2.